The molecule has 0 saturated heterocycles. The van der Waals surface area contributed by atoms with Crippen molar-refractivity contribution in [1.82, 2.24) is 43.6 Å². The second-order valence-electron chi connectivity index (χ2n) is 24.4. The fraction of sp³-hybridized carbons (Fsp3) is 0.0233. The van der Waals surface area contributed by atoms with Crippen LogP contribution >= 0.6 is 0 Å². The minimum atomic E-state index is 0.442. The summed E-state index contributed by atoms with van der Waals surface area (Å²) in [4.78, 5) is 34.1. The number of hydrogen-bond acceptors (Lipinski definition) is 6. The highest BCUT2D eigenvalue weighted by Crippen LogP contribution is 2.50. The van der Waals surface area contributed by atoms with Crippen molar-refractivity contribution >= 4 is 65.4 Å². The van der Waals surface area contributed by atoms with Crippen LogP contribution in [0.4, 0.5) is 0 Å². The molecule has 18 aromatic rings. The van der Waals surface area contributed by atoms with E-state index in [-0.39, 0.29) is 0 Å². The van der Waals surface area contributed by atoms with Crippen LogP contribution in [0.5, 0.6) is 0 Å². The van der Waals surface area contributed by atoms with Crippen LogP contribution in [-0.2, 0) is 0 Å². The molecule has 0 aliphatic rings. The zero-order valence-corrected chi connectivity index (χ0v) is 52.0. The molecule has 0 atom stereocenters. The van der Waals surface area contributed by atoms with Gasteiger partial charge in [0.05, 0.1) is 55.7 Å². The van der Waals surface area contributed by atoms with E-state index in [1.54, 1.807) is 0 Å². The molecule has 9 nitrogen and oxygen atoms in total. The Kier molecular flexibility index (Phi) is 13.1. The van der Waals surface area contributed by atoms with E-state index in [4.69, 9.17) is 29.9 Å². The van der Waals surface area contributed by atoms with Crippen LogP contribution in [0.15, 0.2) is 309 Å². The van der Waals surface area contributed by atoms with E-state index in [1.165, 1.54) is 0 Å². The molecule has 0 aliphatic heterocycles. The van der Waals surface area contributed by atoms with Crippen molar-refractivity contribution < 1.29 is 0 Å². The minimum Gasteiger partial charge on any atom is -0.308 e. The molecule has 0 saturated carbocycles. The smallest absolute Gasteiger partial charge is 0.168 e. The standard InChI is InChI=1S/C86H57N9/c1-54-41-45-73-66(49-54)67-50-55(2)42-46-74(67)93(73)77-53-70(85-89-81(58-29-13-5-14-30-58)87-82(90-85)59-31-15-6-16-32-59)79(94-71-39-23-21-37-64(71)68-51-62(43-47-75(68)94)56-25-9-3-10-26-56)78(86-91-83(60-33-17-7-18-34-60)88-84(92-86)61-35-19-8-20-36-61)80(77)95-72-40-24-22-38-65(72)69-52-63(44-48-76(69)95)57-27-11-4-12-28-57/h3-53H,1-2H3. The summed E-state index contributed by atoms with van der Waals surface area (Å²) in [5.74, 6) is 2.99. The maximum atomic E-state index is 5.89. The molecular weight excluding hydrogens is 1160 g/mol. The van der Waals surface area contributed by atoms with Crippen molar-refractivity contribution in [2.45, 2.75) is 13.8 Å². The van der Waals surface area contributed by atoms with Crippen LogP contribution < -0.4 is 0 Å². The van der Waals surface area contributed by atoms with Crippen LogP contribution in [0.1, 0.15) is 11.1 Å². The zero-order valence-electron chi connectivity index (χ0n) is 52.0. The van der Waals surface area contributed by atoms with E-state index < -0.39 is 0 Å². The first-order valence-electron chi connectivity index (χ1n) is 32.1. The largest absolute Gasteiger partial charge is 0.308 e. The van der Waals surface area contributed by atoms with Crippen LogP contribution in [0.3, 0.4) is 0 Å². The Bertz CT molecular complexity index is 5850. The first kappa shape index (κ1) is 55.1. The Hall–Kier alpha value is -12.7. The van der Waals surface area contributed by atoms with Gasteiger partial charge in [0, 0.05) is 60.1 Å². The molecule has 0 unspecified atom stereocenters. The van der Waals surface area contributed by atoms with E-state index in [1.807, 2.05) is 72.8 Å². The number of aryl methyl sites for hydroxylation is 2. The highest BCUT2D eigenvalue weighted by Gasteiger charge is 2.34. The Morgan fingerprint density at radius 1 is 0.211 bits per heavy atom. The third-order valence-electron chi connectivity index (χ3n) is 18.4. The predicted octanol–water partition coefficient (Wildman–Crippen LogP) is 21.3. The molecule has 0 radical (unpaired) electrons. The third kappa shape index (κ3) is 9.39. The first-order valence-corrected chi connectivity index (χ1v) is 32.1. The molecule has 0 spiro atoms. The minimum absolute atomic E-state index is 0.442. The molecule has 0 bridgehead atoms. The summed E-state index contributed by atoms with van der Waals surface area (Å²) in [5.41, 5.74) is 20.0. The molecule has 0 N–H and O–H groups in total. The molecule has 5 heterocycles. The van der Waals surface area contributed by atoms with Gasteiger partial charge in [-0.2, -0.15) is 0 Å². The maximum absolute atomic E-state index is 5.89. The summed E-state index contributed by atoms with van der Waals surface area (Å²) in [5, 5.41) is 6.57. The molecule has 0 aliphatic carbocycles. The second-order valence-corrected chi connectivity index (χ2v) is 24.4. The zero-order chi connectivity index (χ0) is 63.1. The summed E-state index contributed by atoms with van der Waals surface area (Å²) in [7, 11) is 0. The Labute approximate surface area is 547 Å². The van der Waals surface area contributed by atoms with Gasteiger partial charge in [0.25, 0.3) is 0 Å². The average molecular weight is 1220 g/mol. The van der Waals surface area contributed by atoms with E-state index in [0.717, 1.165) is 149 Å². The lowest BCUT2D eigenvalue weighted by Gasteiger charge is -2.26. The third-order valence-corrected chi connectivity index (χ3v) is 18.4. The lowest BCUT2D eigenvalue weighted by atomic mass is 9.98. The van der Waals surface area contributed by atoms with Gasteiger partial charge in [-0.1, -0.05) is 254 Å². The van der Waals surface area contributed by atoms with Crippen LogP contribution in [0, 0.1) is 13.8 Å². The number of aromatic nitrogens is 9. The van der Waals surface area contributed by atoms with E-state index in [2.05, 4.69) is 264 Å². The first-order chi connectivity index (χ1) is 46.9. The molecule has 5 aromatic heterocycles. The van der Waals surface area contributed by atoms with Crippen LogP contribution in [0.25, 0.3) is 173 Å². The van der Waals surface area contributed by atoms with E-state index >= 15 is 0 Å². The van der Waals surface area contributed by atoms with Gasteiger partial charge in [0.1, 0.15) is 0 Å². The maximum Gasteiger partial charge on any atom is 0.168 e. The Balaban J connectivity index is 1.12. The molecule has 0 fully saturated rings. The SMILES string of the molecule is Cc1ccc2c(c1)c1cc(C)ccc1n2-c1cc(-c2nc(-c3ccccc3)nc(-c3ccccc3)n2)c(-n2c3ccccc3c3cc(-c4ccccc4)ccc32)c(-c2nc(-c3ccccc3)nc(-c3ccccc3)n2)c1-n1c2ccccc2c2cc(-c3ccccc3)ccc21. The molecule has 9 heteroatoms. The number of fused-ring (bicyclic) bond motifs is 9. The van der Waals surface area contributed by atoms with Crippen molar-refractivity contribution in [1.29, 1.82) is 0 Å². The summed E-state index contributed by atoms with van der Waals surface area (Å²) in [6.07, 6.45) is 0. The van der Waals surface area contributed by atoms with Crippen LogP contribution in [0.2, 0.25) is 0 Å². The van der Waals surface area contributed by atoms with Crippen molar-refractivity contribution in [3.63, 3.8) is 0 Å². The normalized spacial score (nSPS) is 11.7. The van der Waals surface area contributed by atoms with Crippen LogP contribution in [-0.4, -0.2) is 43.6 Å². The van der Waals surface area contributed by atoms with Gasteiger partial charge < -0.3 is 13.7 Å². The van der Waals surface area contributed by atoms with Crippen molar-refractivity contribution in [3.05, 3.63) is 321 Å². The molecule has 0 amide bonds. The quantitative estimate of drug-likeness (QED) is 0.128. The average Bonchev–Trinajstić information content (AvgIpc) is 1.61. The molecule has 95 heavy (non-hydrogen) atoms. The lowest BCUT2D eigenvalue weighted by molar-refractivity contribution is 1.03. The number of rotatable bonds is 11. The van der Waals surface area contributed by atoms with Crippen molar-refractivity contribution in [2.75, 3.05) is 0 Å². The topological polar surface area (TPSA) is 92.1 Å². The number of para-hydroxylation sites is 2. The summed E-state index contributed by atoms with van der Waals surface area (Å²) in [6, 6.07) is 110. The Morgan fingerprint density at radius 3 is 0.926 bits per heavy atom. The number of hydrogen-bond donors (Lipinski definition) is 0. The molecule has 446 valence electrons. The van der Waals surface area contributed by atoms with Crippen molar-refractivity contribution in [2.24, 2.45) is 0 Å². The summed E-state index contributed by atoms with van der Waals surface area (Å²) in [6.45, 7) is 4.35. The van der Waals surface area contributed by atoms with Gasteiger partial charge in [0.15, 0.2) is 34.9 Å². The fourth-order valence-corrected chi connectivity index (χ4v) is 14.1. The van der Waals surface area contributed by atoms with Gasteiger partial charge in [-0.3, -0.25) is 0 Å². The van der Waals surface area contributed by atoms with Gasteiger partial charge in [-0.05, 0) is 103 Å². The highest BCUT2D eigenvalue weighted by atomic mass is 15.1. The van der Waals surface area contributed by atoms with Gasteiger partial charge >= 0.3 is 0 Å². The van der Waals surface area contributed by atoms with E-state index in [0.29, 0.717) is 34.9 Å². The fourth-order valence-electron chi connectivity index (χ4n) is 14.1. The number of benzene rings is 13. The Morgan fingerprint density at radius 2 is 0.516 bits per heavy atom. The molecular formula is C86H57N9. The van der Waals surface area contributed by atoms with Gasteiger partial charge in [-0.15, -0.1) is 0 Å². The molecule has 18 rings (SSSR count). The monoisotopic (exact) mass is 1220 g/mol. The van der Waals surface area contributed by atoms with Gasteiger partial charge in [0.2, 0.25) is 0 Å². The van der Waals surface area contributed by atoms with Gasteiger partial charge in [-0.25, -0.2) is 29.9 Å². The summed E-state index contributed by atoms with van der Waals surface area (Å²) < 4.78 is 7.37. The highest BCUT2D eigenvalue weighted by molar-refractivity contribution is 6.16. The summed E-state index contributed by atoms with van der Waals surface area (Å²) >= 11 is 0. The van der Waals surface area contributed by atoms with E-state index in [9.17, 15) is 0 Å². The number of nitrogens with zero attached hydrogens (tertiary/aromatic N) is 9. The second kappa shape index (κ2) is 22.6. The molecule has 13 aromatic carbocycles. The van der Waals surface area contributed by atoms with Crippen molar-refractivity contribution in [3.8, 4) is 108 Å². The predicted molar refractivity (Wildman–Crippen MR) is 389 cm³/mol. The lowest BCUT2D eigenvalue weighted by Crippen LogP contribution is -2.14.